The smallest absolute Gasteiger partial charge is 0.456 e. The van der Waals surface area contributed by atoms with Gasteiger partial charge in [0.25, 0.3) is 5.91 Å². The van der Waals surface area contributed by atoms with Gasteiger partial charge in [-0.1, -0.05) is 0 Å². The van der Waals surface area contributed by atoms with E-state index < -0.39 is 46.9 Å². The number of ether oxygens (including phenoxy) is 2. The Morgan fingerprint density at radius 1 is 0.879 bits per heavy atom. The maximum absolute atomic E-state index is 14.7. The number of aromatic nitrogens is 1. The third-order valence-electron chi connectivity index (χ3n) is 3.93. The minimum Gasteiger partial charge on any atom is -0.456 e. The van der Waals surface area contributed by atoms with Crippen molar-refractivity contribution in [3.63, 3.8) is 0 Å². The van der Waals surface area contributed by atoms with Crippen LogP contribution in [0.15, 0.2) is 65.9 Å². The van der Waals surface area contributed by atoms with Gasteiger partial charge < -0.3 is 14.7 Å². The van der Waals surface area contributed by atoms with Crippen LogP contribution in [0.25, 0.3) is 0 Å². The van der Waals surface area contributed by atoms with Crippen LogP contribution in [0.2, 0.25) is 0 Å². The SMILES string of the molecule is O=C(N=c1ccn(O)cc1)c1c(Oc2ccc(OC(F)(F)F)cc2)ccc(C(F)(F)F)c1F. The van der Waals surface area contributed by atoms with Crippen LogP contribution >= 0.6 is 0 Å². The first kappa shape index (κ1) is 23.6. The van der Waals surface area contributed by atoms with Gasteiger partial charge in [-0.15, -0.1) is 13.2 Å². The van der Waals surface area contributed by atoms with Crippen molar-refractivity contribution in [3.05, 3.63) is 83.2 Å². The van der Waals surface area contributed by atoms with Gasteiger partial charge in [-0.3, -0.25) is 4.79 Å². The van der Waals surface area contributed by atoms with Gasteiger partial charge >= 0.3 is 12.5 Å². The Bertz CT molecular complexity index is 1210. The predicted molar refractivity (Wildman–Crippen MR) is 96.1 cm³/mol. The molecule has 0 aliphatic heterocycles. The third kappa shape index (κ3) is 6.02. The van der Waals surface area contributed by atoms with Crippen LogP contribution < -0.4 is 14.8 Å². The first-order valence-corrected chi connectivity index (χ1v) is 8.73. The van der Waals surface area contributed by atoms with E-state index in [9.17, 15) is 40.7 Å². The Balaban J connectivity index is 2.02. The summed E-state index contributed by atoms with van der Waals surface area (Å²) in [6.45, 7) is 0. The van der Waals surface area contributed by atoms with Gasteiger partial charge in [0, 0.05) is 12.4 Å². The minimum absolute atomic E-state index is 0.110. The summed E-state index contributed by atoms with van der Waals surface area (Å²) in [7, 11) is 0. The molecule has 33 heavy (non-hydrogen) atoms. The van der Waals surface area contributed by atoms with Crippen molar-refractivity contribution in [2.45, 2.75) is 12.5 Å². The average molecular weight is 476 g/mol. The van der Waals surface area contributed by atoms with Crippen molar-refractivity contribution in [2.75, 3.05) is 0 Å². The number of halogens is 7. The molecule has 6 nitrogen and oxygen atoms in total. The van der Waals surface area contributed by atoms with E-state index in [1.54, 1.807) is 0 Å². The Morgan fingerprint density at radius 3 is 2.00 bits per heavy atom. The molecule has 3 aromatic rings. The molecule has 0 radical (unpaired) electrons. The molecule has 0 atom stereocenters. The second-order valence-corrected chi connectivity index (χ2v) is 6.27. The Morgan fingerprint density at radius 2 is 1.45 bits per heavy atom. The van der Waals surface area contributed by atoms with Crippen molar-refractivity contribution in [1.82, 2.24) is 4.73 Å². The number of carbonyl (C=O) groups is 1. The quantitative estimate of drug-likeness (QED) is 0.409. The first-order valence-electron chi connectivity index (χ1n) is 8.73. The molecule has 0 aliphatic carbocycles. The molecule has 2 aromatic carbocycles. The number of rotatable bonds is 4. The molecule has 13 heteroatoms. The van der Waals surface area contributed by atoms with Gasteiger partial charge in [0.2, 0.25) is 0 Å². The van der Waals surface area contributed by atoms with Gasteiger partial charge in [-0.2, -0.15) is 13.2 Å². The molecule has 1 amide bonds. The molecule has 1 aromatic heterocycles. The van der Waals surface area contributed by atoms with Gasteiger partial charge in [0.05, 0.1) is 10.9 Å². The van der Waals surface area contributed by atoms with E-state index in [0.29, 0.717) is 16.9 Å². The van der Waals surface area contributed by atoms with E-state index in [-0.39, 0.29) is 11.1 Å². The molecule has 1 N–H and O–H groups in total. The largest absolute Gasteiger partial charge is 0.573 e. The molecule has 0 unspecified atom stereocenters. The number of nitrogens with zero attached hydrogens (tertiary/aromatic N) is 2. The summed E-state index contributed by atoms with van der Waals surface area (Å²) in [5, 5.41) is 9.07. The molecule has 0 saturated carbocycles. The van der Waals surface area contributed by atoms with Gasteiger partial charge in [0.1, 0.15) is 22.8 Å². The van der Waals surface area contributed by atoms with E-state index in [2.05, 4.69) is 9.73 Å². The van der Waals surface area contributed by atoms with Crippen molar-refractivity contribution < 1.29 is 50.2 Å². The molecule has 0 fully saturated rings. The highest BCUT2D eigenvalue weighted by Crippen LogP contribution is 2.37. The monoisotopic (exact) mass is 476 g/mol. The lowest BCUT2D eigenvalue weighted by atomic mass is 10.1. The third-order valence-corrected chi connectivity index (χ3v) is 3.93. The van der Waals surface area contributed by atoms with Crippen LogP contribution in [0.3, 0.4) is 0 Å². The van der Waals surface area contributed by atoms with E-state index in [0.717, 1.165) is 48.8 Å². The van der Waals surface area contributed by atoms with Gasteiger partial charge in [-0.05, 0) is 48.5 Å². The number of hydrogen-bond acceptors (Lipinski definition) is 4. The van der Waals surface area contributed by atoms with E-state index in [1.807, 2.05) is 0 Å². The van der Waals surface area contributed by atoms with Crippen molar-refractivity contribution >= 4 is 5.91 Å². The second kappa shape index (κ2) is 8.84. The average Bonchev–Trinajstić information content (AvgIpc) is 2.69. The molecule has 3 rings (SSSR count). The van der Waals surface area contributed by atoms with Gasteiger partial charge in [-0.25, -0.2) is 14.1 Å². The lowest BCUT2D eigenvalue weighted by Crippen LogP contribution is -2.17. The standard InChI is InChI=1S/C20H11F7N2O4/c21-17-14(19(22,23)24)5-6-15(16(17)18(30)28-11-7-9-29(31)10-8-11)32-12-1-3-13(4-2-12)33-20(25,26)27/h1-10,31H. The van der Waals surface area contributed by atoms with Gasteiger partial charge in [0.15, 0.2) is 5.82 Å². The highest BCUT2D eigenvalue weighted by molar-refractivity contribution is 5.98. The number of carbonyl (C=O) groups excluding carboxylic acids is 1. The number of amides is 1. The fraction of sp³-hybridized carbons (Fsp3) is 0.100. The van der Waals surface area contributed by atoms with Crippen LogP contribution in [0.5, 0.6) is 17.2 Å². The summed E-state index contributed by atoms with van der Waals surface area (Å²) in [5.74, 6) is -4.86. The molecule has 1 heterocycles. The van der Waals surface area contributed by atoms with Crippen LogP contribution in [0.1, 0.15) is 15.9 Å². The summed E-state index contributed by atoms with van der Waals surface area (Å²) in [6, 6.07) is 6.93. The molecule has 0 spiro atoms. The number of pyridine rings is 1. The molecular weight excluding hydrogens is 465 g/mol. The van der Waals surface area contributed by atoms with Crippen molar-refractivity contribution in [1.29, 1.82) is 0 Å². The highest BCUT2D eigenvalue weighted by atomic mass is 19.4. The fourth-order valence-electron chi connectivity index (χ4n) is 2.56. The Labute approximate surface area is 179 Å². The topological polar surface area (TPSA) is 73.1 Å². The lowest BCUT2D eigenvalue weighted by molar-refractivity contribution is -0.274. The molecule has 0 aliphatic rings. The first-order chi connectivity index (χ1) is 15.3. The second-order valence-electron chi connectivity index (χ2n) is 6.27. The highest BCUT2D eigenvalue weighted by Gasteiger charge is 2.37. The normalized spacial score (nSPS) is 11.7. The molecule has 0 saturated heterocycles. The Kier molecular flexibility index (Phi) is 6.33. The van der Waals surface area contributed by atoms with Crippen LogP contribution in [-0.2, 0) is 6.18 Å². The molecule has 174 valence electrons. The van der Waals surface area contributed by atoms with E-state index >= 15 is 0 Å². The summed E-state index contributed by atoms with van der Waals surface area (Å²) in [6.07, 6.45) is -7.96. The molecule has 0 bridgehead atoms. The summed E-state index contributed by atoms with van der Waals surface area (Å²) in [4.78, 5) is 16.1. The van der Waals surface area contributed by atoms with Crippen molar-refractivity contribution in [2.24, 2.45) is 4.99 Å². The van der Waals surface area contributed by atoms with E-state index in [1.165, 1.54) is 0 Å². The maximum Gasteiger partial charge on any atom is 0.573 e. The van der Waals surface area contributed by atoms with Crippen LogP contribution in [0.4, 0.5) is 30.7 Å². The zero-order valence-electron chi connectivity index (χ0n) is 16.0. The minimum atomic E-state index is -5.14. The van der Waals surface area contributed by atoms with E-state index in [4.69, 9.17) is 4.74 Å². The lowest BCUT2D eigenvalue weighted by Gasteiger charge is -2.15. The summed E-state index contributed by atoms with van der Waals surface area (Å²) in [5.41, 5.74) is -2.90. The number of benzene rings is 2. The molecular formula is C20H11F7N2O4. The van der Waals surface area contributed by atoms with Crippen LogP contribution in [-0.4, -0.2) is 22.2 Å². The summed E-state index contributed by atoms with van der Waals surface area (Å²) >= 11 is 0. The van der Waals surface area contributed by atoms with Crippen LogP contribution in [0, 0.1) is 5.82 Å². The zero-order valence-corrected chi connectivity index (χ0v) is 16.0. The predicted octanol–water partition coefficient (Wildman–Crippen LogP) is 5.32. The zero-order chi connectivity index (χ0) is 24.4. The van der Waals surface area contributed by atoms with Crippen molar-refractivity contribution in [3.8, 4) is 17.2 Å². The number of alkyl halides is 6. The Hall–Kier alpha value is -4.03. The number of hydrogen-bond donors (Lipinski definition) is 1. The maximum atomic E-state index is 14.7. The summed E-state index contributed by atoms with van der Waals surface area (Å²) < 4.78 is 100. The fourth-order valence-corrected chi connectivity index (χ4v) is 2.56.